The predicted molar refractivity (Wildman–Crippen MR) is 97.8 cm³/mol. The highest BCUT2D eigenvalue weighted by Gasteiger charge is 2.29. The maximum absolute atomic E-state index is 14.8. The molecule has 1 fully saturated rings. The lowest BCUT2D eigenvalue weighted by Crippen LogP contribution is -2.52. The van der Waals surface area contributed by atoms with E-state index in [0.29, 0.717) is 13.1 Å². The zero-order valence-electron chi connectivity index (χ0n) is 15.0. The number of nitrogens with one attached hydrogen (secondary N) is 2. The quantitative estimate of drug-likeness (QED) is 0.531. The number of amides is 1. The van der Waals surface area contributed by atoms with E-state index in [1.807, 2.05) is 5.32 Å². The molecule has 0 bridgehead atoms. The summed E-state index contributed by atoms with van der Waals surface area (Å²) < 4.78 is 39.2. The van der Waals surface area contributed by atoms with Gasteiger partial charge < -0.3 is 20.1 Å². The third-order valence-electron chi connectivity index (χ3n) is 4.29. The number of methoxy groups -OCH3 is 1. The van der Waals surface area contributed by atoms with E-state index < -0.39 is 23.7 Å². The molecule has 28 heavy (non-hydrogen) atoms. The van der Waals surface area contributed by atoms with Crippen LogP contribution < -0.4 is 16.0 Å². The summed E-state index contributed by atoms with van der Waals surface area (Å²) in [5.41, 5.74) is 5.49. The Kier molecular flexibility index (Phi) is 5.69. The van der Waals surface area contributed by atoms with Gasteiger partial charge in [0.1, 0.15) is 12.4 Å². The number of nitrogens with zero attached hydrogens (tertiary/aromatic N) is 2. The first-order chi connectivity index (χ1) is 13.4. The molecule has 148 valence electrons. The third kappa shape index (κ3) is 4.17. The van der Waals surface area contributed by atoms with Gasteiger partial charge in [-0.3, -0.25) is 10.7 Å². The highest BCUT2D eigenvalue weighted by molar-refractivity contribution is 5.90. The van der Waals surface area contributed by atoms with Crippen LogP contribution in [0.1, 0.15) is 5.56 Å². The lowest BCUT2D eigenvalue weighted by molar-refractivity contribution is 0.0779. The predicted octanol–water partition coefficient (Wildman–Crippen LogP) is 1.98. The molecular weight excluding hydrogens is 372 g/mol. The van der Waals surface area contributed by atoms with Crippen LogP contribution in [0.5, 0.6) is 0 Å². The van der Waals surface area contributed by atoms with Crippen molar-refractivity contribution in [3.8, 4) is 11.1 Å². The molecule has 1 aromatic heterocycles. The summed E-state index contributed by atoms with van der Waals surface area (Å²) in [6, 6.07) is 5.69. The molecule has 2 aromatic rings. The largest absolute Gasteiger partial charge is 0.444 e. The van der Waals surface area contributed by atoms with Gasteiger partial charge in [-0.15, -0.1) is 0 Å². The Bertz CT molecular complexity index is 903. The molecule has 0 atom stereocenters. The van der Waals surface area contributed by atoms with E-state index in [1.165, 1.54) is 24.4 Å². The molecule has 0 radical (unpaired) electrons. The number of rotatable bonds is 5. The fraction of sp³-hybridized carbons (Fsp3) is 0.278. The smallest absolute Gasteiger partial charge is 0.414 e. The van der Waals surface area contributed by atoms with Crippen molar-refractivity contribution in [3.63, 3.8) is 0 Å². The minimum atomic E-state index is -0.974. The summed E-state index contributed by atoms with van der Waals surface area (Å²) in [4.78, 5) is 17.2. The van der Waals surface area contributed by atoms with Gasteiger partial charge >= 0.3 is 6.09 Å². The Morgan fingerprint density at radius 3 is 2.82 bits per heavy atom. The first kappa shape index (κ1) is 19.5. The summed E-state index contributed by atoms with van der Waals surface area (Å²) in [6.07, 6.45) is 0.470. The number of pyridine rings is 1. The van der Waals surface area contributed by atoms with E-state index in [4.69, 9.17) is 20.6 Å². The molecule has 0 spiro atoms. The SMILES string of the molecule is COC1CN(c2ncc(-c3cccc(COC(=O)NC(=N)N)c3F)cc2F)C1. The van der Waals surface area contributed by atoms with Crippen LogP contribution in [-0.2, 0) is 16.1 Å². The van der Waals surface area contributed by atoms with Crippen LogP contribution in [0.2, 0.25) is 0 Å². The number of aromatic nitrogens is 1. The molecule has 0 aliphatic carbocycles. The van der Waals surface area contributed by atoms with E-state index in [0.717, 1.165) is 0 Å². The third-order valence-corrected chi connectivity index (χ3v) is 4.29. The first-order valence-corrected chi connectivity index (χ1v) is 8.38. The lowest BCUT2D eigenvalue weighted by atomic mass is 10.0. The van der Waals surface area contributed by atoms with Gasteiger partial charge in [0.25, 0.3) is 0 Å². The van der Waals surface area contributed by atoms with Crippen molar-refractivity contribution in [2.24, 2.45) is 5.73 Å². The molecule has 1 saturated heterocycles. The van der Waals surface area contributed by atoms with Gasteiger partial charge in [0, 0.05) is 43.1 Å². The average Bonchev–Trinajstić information content (AvgIpc) is 2.60. The zero-order chi connectivity index (χ0) is 20.3. The van der Waals surface area contributed by atoms with Crippen molar-refractivity contribution >= 4 is 17.9 Å². The fourth-order valence-corrected chi connectivity index (χ4v) is 2.77. The van der Waals surface area contributed by atoms with Gasteiger partial charge in [-0.25, -0.2) is 18.6 Å². The van der Waals surface area contributed by atoms with Crippen LogP contribution in [0.25, 0.3) is 11.1 Å². The first-order valence-electron chi connectivity index (χ1n) is 8.38. The molecule has 4 N–H and O–H groups in total. The van der Waals surface area contributed by atoms with Crippen LogP contribution in [0, 0.1) is 17.0 Å². The molecule has 0 unspecified atom stereocenters. The minimum absolute atomic E-state index is 0.0511. The Morgan fingerprint density at radius 2 is 2.18 bits per heavy atom. The number of ether oxygens (including phenoxy) is 2. The van der Waals surface area contributed by atoms with Gasteiger partial charge in [0.2, 0.25) is 0 Å². The average molecular weight is 391 g/mol. The number of halogens is 2. The van der Waals surface area contributed by atoms with Gasteiger partial charge in [0.15, 0.2) is 17.6 Å². The van der Waals surface area contributed by atoms with Crippen molar-refractivity contribution in [2.45, 2.75) is 12.7 Å². The number of carbonyl (C=O) groups is 1. The van der Waals surface area contributed by atoms with Gasteiger partial charge in [-0.2, -0.15) is 0 Å². The molecule has 1 aliphatic heterocycles. The summed E-state index contributed by atoms with van der Waals surface area (Å²) >= 11 is 0. The number of anilines is 1. The molecule has 1 aliphatic rings. The highest BCUT2D eigenvalue weighted by Crippen LogP contribution is 2.29. The van der Waals surface area contributed by atoms with Crippen molar-refractivity contribution < 1.29 is 23.0 Å². The Labute approximate surface area is 159 Å². The summed E-state index contributed by atoms with van der Waals surface area (Å²) in [5, 5.41) is 8.87. The summed E-state index contributed by atoms with van der Waals surface area (Å²) in [6.45, 7) is 0.714. The van der Waals surface area contributed by atoms with Crippen LogP contribution in [0.3, 0.4) is 0 Å². The Morgan fingerprint density at radius 1 is 1.43 bits per heavy atom. The Hall–Kier alpha value is -3.27. The number of hydrogen-bond acceptors (Lipinski definition) is 6. The lowest BCUT2D eigenvalue weighted by Gasteiger charge is -2.39. The molecule has 2 heterocycles. The van der Waals surface area contributed by atoms with E-state index >= 15 is 0 Å². The zero-order valence-corrected chi connectivity index (χ0v) is 15.0. The van der Waals surface area contributed by atoms with Crippen molar-refractivity contribution in [1.82, 2.24) is 10.3 Å². The normalized spacial score (nSPS) is 13.8. The molecule has 3 rings (SSSR count). The molecule has 0 saturated carbocycles. The van der Waals surface area contributed by atoms with Crippen molar-refractivity contribution in [2.75, 3.05) is 25.1 Å². The second kappa shape index (κ2) is 8.17. The van der Waals surface area contributed by atoms with Crippen molar-refractivity contribution in [1.29, 1.82) is 5.41 Å². The van der Waals surface area contributed by atoms with Crippen LogP contribution in [0.4, 0.5) is 19.4 Å². The van der Waals surface area contributed by atoms with E-state index in [1.54, 1.807) is 18.1 Å². The van der Waals surface area contributed by atoms with E-state index in [9.17, 15) is 13.6 Å². The van der Waals surface area contributed by atoms with Gasteiger partial charge in [0.05, 0.1) is 6.10 Å². The van der Waals surface area contributed by atoms with E-state index in [2.05, 4.69) is 4.98 Å². The maximum Gasteiger partial charge on any atom is 0.414 e. The molecule has 10 heteroatoms. The summed E-state index contributed by atoms with van der Waals surface area (Å²) in [5.74, 6) is -1.61. The molecule has 8 nitrogen and oxygen atoms in total. The van der Waals surface area contributed by atoms with Gasteiger partial charge in [-0.1, -0.05) is 18.2 Å². The monoisotopic (exact) mass is 391 g/mol. The minimum Gasteiger partial charge on any atom is -0.444 e. The maximum atomic E-state index is 14.8. The number of nitrogens with two attached hydrogens (primary N) is 1. The number of guanidine groups is 1. The van der Waals surface area contributed by atoms with Crippen LogP contribution in [-0.4, -0.2) is 43.3 Å². The van der Waals surface area contributed by atoms with Crippen LogP contribution >= 0.6 is 0 Å². The topological polar surface area (TPSA) is 114 Å². The molecule has 1 aromatic carbocycles. The number of alkyl carbamates (subject to hydrolysis) is 1. The standard InChI is InChI=1S/C18H19F2N5O3/c1-27-12-7-25(8-12)16-14(19)5-11(6-23-16)13-4-2-3-10(15(13)20)9-28-18(26)24-17(21)22/h2-6,12H,7-9H2,1H3,(H4,21,22,24,26). The fourth-order valence-electron chi connectivity index (χ4n) is 2.77. The van der Waals surface area contributed by atoms with Gasteiger partial charge in [-0.05, 0) is 6.07 Å². The molecular formula is C18H19F2N5O3. The number of carbonyl (C=O) groups excluding carboxylic acids is 1. The van der Waals surface area contributed by atoms with Crippen LogP contribution in [0.15, 0.2) is 30.5 Å². The molecule has 1 amide bonds. The second-order valence-electron chi connectivity index (χ2n) is 6.19. The number of benzene rings is 1. The highest BCUT2D eigenvalue weighted by atomic mass is 19.1. The second-order valence-corrected chi connectivity index (χ2v) is 6.19. The Balaban J connectivity index is 1.76. The summed E-state index contributed by atoms with van der Waals surface area (Å²) in [7, 11) is 1.60. The number of hydrogen-bond donors (Lipinski definition) is 3. The van der Waals surface area contributed by atoms with E-state index in [-0.39, 0.29) is 35.2 Å². The van der Waals surface area contributed by atoms with Crippen molar-refractivity contribution in [3.05, 3.63) is 47.7 Å².